The van der Waals surface area contributed by atoms with Gasteiger partial charge >= 0.3 is 0 Å². The molecule has 3 aromatic rings. The van der Waals surface area contributed by atoms with Crippen molar-refractivity contribution < 1.29 is 18.4 Å². The summed E-state index contributed by atoms with van der Waals surface area (Å²) in [6.45, 7) is 9.16. The van der Waals surface area contributed by atoms with Gasteiger partial charge in [-0.15, -0.1) is 5.10 Å². The van der Waals surface area contributed by atoms with Gasteiger partial charge in [-0.05, 0) is 75.4 Å². The second kappa shape index (κ2) is 11.1. The van der Waals surface area contributed by atoms with Crippen LogP contribution in [0.4, 0.5) is 14.5 Å². The topological polar surface area (TPSA) is 83.4 Å². The van der Waals surface area contributed by atoms with Crippen molar-refractivity contribution in [2.75, 3.05) is 25.0 Å². The first kappa shape index (κ1) is 29.4. The molecule has 1 saturated heterocycles. The van der Waals surface area contributed by atoms with Crippen molar-refractivity contribution in [3.8, 4) is 17.1 Å². The zero-order valence-electron chi connectivity index (χ0n) is 25.5. The number of hydrogen-bond acceptors (Lipinski definition) is 5. The summed E-state index contributed by atoms with van der Waals surface area (Å²) in [5, 5.41) is 8.19. The number of hydrogen-bond donors (Lipinski definition) is 1. The van der Waals surface area contributed by atoms with E-state index in [1.54, 1.807) is 21.5 Å². The zero-order valence-corrected chi connectivity index (χ0v) is 25.5. The Labute approximate surface area is 251 Å². The van der Waals surface area contributed by atoms with E-state index in [1.165, 1.54) is 0 Å². The highest BCUT2D eigenvalue weighted by Crippen LogP contribution is 2.50. The van der Waals surface area contributed by atoms with Crippen molar-refractivity contribution >= 4 is 17.5 Å². The number of alkyl halides is 2. The van der Waals surface area contributed by atoms with Gasteiger partial charge in [-0.25, -0.2) is 18.4 Å². The van der Waals surface area contributed by atoms with E-state index in [4.69, 9.17) is 10.1 Å². The van der Waals surface area contributed by atoms with E-state index in [-0.39, 0.29) is 60.3 Å². The molecule has 3 aliphatic rings. The number of halogens is 2. The molecule has 1 unspecified atom stereocenters. The highest BCUT2D eigenvalue weighted by Gasteiger charge is 2.45. The predicted molar refractivity (Wildman–Crippen MR) is 162 cm³/mol. The molecule has 2 aromatic carbocycles. The molecule has 0 bridgehead atoms. The van der Waals surface area contributed by atoms with Crippen LogP contribution in [0.2, 0.25) is 0 Å². The van der Waals surface area contributed by atoms with Gasteiger partial charge in [0.1, 0.15) is 0 Å². The van der Waals surface area contributed by atoms with E-state index in [2.05, 4.69) is 19.2 Å². The van der Waals surface area contributed by atoms with Crippen LogP contribution in [0.3, 0.4) is 0 Å². The van der Waals surface area contributed by atoms with Crippen LogP contribution in [0.5, 0.6) is 0 Å². The molecule has 10 heteroatoms. The van der Waals surface area contributed by atoms with Crippen LogP contribution in [0, 0.1) is 18.8 Å². The summed E-state index contributed by atoms with van der Waals surface area (Å²) in [6.07, 6.45) is 0.442. The molecule has 228 valence electrons. The summed E-state index contributed by atoms with van der Waals surface area (Å²) in [5.74, 6) is -2.77. The quantitative estimate of drug-likeness (QED) is 0.429. The van der Waals surface area contributed by atoms with E-state index < -0.39 is 5.92 Å². The summed E-state index contributed by atoms with van der Waals surface area (Å²) >= 11 is 0. The smallest absolute Gasteiger partial charge is 0.293 e. The molecule has 8 nitrogen and oxygen atoms in total. The minimum atomic E-state index is -2.65. The first-order chi connectivity index (χ1) is 20.4. The molecule has 6 rings (SSSR count). The van der Waals surface area contributed by atoms with Crippen LogP contribution in [0.25, 0.3) is 17.1 Å². The maximum atomic E-state index is 14.1. The lowest BCUT2D eigenvalue weighted by atomic mass is 9.68. The fraction of sp³-hybridized carbons (Fsp3) is 0.515. The van der Waals surface area contributed by atoms with Gasteiger partial charge in [0.2, 0.25) is 17.7 Å². The summed E-state index contributed by atoms with van der Waals surface area (Å²) in [6, 6.07) is 14.1. The summed E-state index contributed by atoms with van der Waals surface area (Å²) in [4.78, 5) is 35.3. The molecule has 0 radical (unpaired) electrons. The van der Waals surface area contributed by atoms with Gasteiger partial charge in [0.15, 0.2) is 5.82 Å². The molecule has 43 heavy (non-hydrogen) atoms. The monoisotopic (exact) mass is 590 g/mol. The Morgan fingerprint density at radius 2 is 1.65 bits per heavy atom. The van der Waals surface area contributed by atoms with E-state index in [0.29, 0.717) is 31.8 Å². The van der Waals surface area contributed by atoms with Gasteiger partial charge < -0.3 is 15.1 Å². The van der Waals surface area contributed by atoms with Gasteiger partial charge in [0.05, 0.1) is 5.69 Å². The minimum absolute atomic E-state index is 0.00207. The molecule has 3 heterocycles. The average molecular weight is 591 g/mol. The van der Waals surface area contributed by atoms with Gasteiger partial charge in [-0.2, -0.15) is 0 Å². The third-order valence-electron chi connectivity index (χ3n) is 9.46. The van der Waals surface area contributed by atoms with Gasteiger partial charge in [-0.1, -0.05) is 24.6 Å². The van der Waals surface area contributed by atoms with Crippen molar-refractivity contribution in [1.29, 1.82) is 0 Å². The Morgan fingerprint density at radius 1 is 1.00 bits per heavy atom. The number of carbonyl (C=O) groups excluding carboxylic acids is 2. The van der Waals surface area contributed by atoms with Crippen molar-refractivity contribution in [2.45, 2.75) is 77.3 Å². The molecular weight excluding hydrogens is 550 g/mol. The summed E-state index contributed by atoms with van der Waals surface area (Å²) in [5.41, 5.74) is 4.38. The number of piperazine rings is 1. The number of amides is 2. The maximum Gasteiger partial charge on any atom is 0.293 e. The van der Waals surface area contributed by atoms with E-state index in [9.17, 15) is 18.4 Å². The Balaban J connectivity index is 1.44. The van der Waals surface area contributed by atoms with Crippen molar-refractivity contribution in [1.82, 2.24) is 25.0 Å². The Kier molecular flexibility index (Phi) is 7.61. The molecule has 4 atom stereocenters. The maximum absolute atomic E-state index is 14.1. The second-order valence-corrected chi connectivity index (χ2v) is 12.9. The van der Waals surface area contributed by atoms with Crippen molar-refractivity contribution in [3.05, 3.63) is 59.4 Å². The number of aryl methyl sites for hydroxylation is 1. The highest BCUT2D eigenvalue weighted by atomic mass is 19.3. The van der Waals surface area contributed by atoms with Crippen LogP contribution in [0.1, 0.15) is 74.1 Å². The Morgan fingerprint density at radius 3 is 2.30 bits per heavy atom. The molecule has 0 spiro atoms. The first-order valence-electron chi connectivity index (χ1n) is 15.3. The number of anilines is 1. The fourth-order valence-electron chi connectivity index (χ4n) is 7.29. The zero-order chi connectivity index (χ0) is 30.6. The molecule has 2 aliphatic heterocycles. The van der Waals surface area contributed by atoms with Crippen LogP contribution < -0.4 is 10.2 Å². The number of rotatable bonds is 4. The SMILES string of the molecule is Cc1ccc(-n2nc(C(=O)N3C[C@@H](C)N[C@@H](C)C3)nc2-c2ccc3c(c2)C(C2CCC(F)(F)CC2)[C@H](C)C(=O)N3C)cc1. The van der Waals surface area contributed by atoms with E-state index in [1.807, 2.05) is 56.3 Å². The summed E-state index contributed by atoms with van der Waals surface area (Å²) < 4.78 is 29.9. The number of benzene rings is 2. The molecule has 1 aromatic heterocycles. The first-order valence-corrected chi connectivity index (χ1v) is 15.3. The van der Waals surface area contributed by atoms with Crippen LogP contribution in [-0.2, 0) is 4.79 Å². The highest BCUT2D eigenvalue weighted by molar-refractivity contribution is 5.99. The van der Waals surface area contributed by atoms with Crippen molar-refractivity contribution in [2.24, 2.45) is 11.8 Å². The standard InChI is InChI=1S/C33H40F2N6O2/c1-19-6-9-25(10-7-19)41-30(37-29(38-41)32(43)40-17-20(2)36-21(3)18-40)24-8-11-27-26(16-24)28(22(4)31(42)39(27)5)23-12-14-33(34,35)15-13-23/h6-11,16,20-23,28,36H,12-15,17-18H2,1-5H3/t20-,21+,22-,28?/m0/s1. The van der Waals surface area contributed by atoms with Gasteiger partial charge in [-0.3, -0.25) is 9.59 Å². The van der Waals surface area contributed by atoms with Crippen LogP contribution >= 0.6 is 0 Å². The molecular formula is C33H40F2N6O2. The predicted octanol–water partition coefficient (Wildman–Crippen LogP) is 5.59. The number of nitrogens with zero attached hydrogens (tertiary/aromatic N) is 5. The number of nitrogens with one attached hydrogen (secondary N) is 1. The number of carbonyl (C=O) groups is 2. The average Bonchev–Trinajstić information content (AvgIpc) is 3.41. The summed E-state index contributed by atoms with van der Waals surface area (Å²) in [7, 11) is 1.77. The third-order valence-corrected chi connectivity index (χ3v) is 9.46. The largest absolute Gasteiger partial charge is 0.333 e. The van der Waals surface area contributed by atoms with Gasteiger partial charge in [0.25, 0.3) is 5.91 Å². The fourth-order valence-corrected chi connectivity index (χ4v) is 7.29. The van der Waals surface area contributed by atoms with Gasteiger partial charge in [0, 0.05) is 68.1 Å². The number of aromatic nitrogens is 3. The Hall–Kier alpha value is -3.66. The third kappa shape index (κ3) is 5.57. The molecule has 2 fully saturated rings. The number of fused-ring (bicyclic) bond motifs is 1. The van der Waals surface area contributed by atoms with E-state index >= 15 is 0 Å². The normalized spacial score (nSPS) is 26.0. The lowest BCUT2D eigenvalue weighted by molar-refractivity contribution is -0.123. The van der Waals surface area contributed by atoms with E-state index in [0.717, 1.165) is 28.1 Å². The van der Waals surface area contributed by atoms with Crippen molar-refractivity contribution in [3.63, 3.8) is 0 Å². The molecule has 2 amide bonds. The minimum Gasteiger partial charge on any atom is -0.333 e. The lowest BCUT2D eigenvalue weighted by Crippen LogP contribution is -2.56. The molecule has 1 aliphatic carbocycles. The lowest BCUT2D eigenvalue weighted by Gasteiger charge is -2.42. The van der Waals surface area contributed by atoms with Crippen LogP contribution in [0.15, 0.2) is 42.5 Å². The van der Waals surface area contributed by atoms with Crippen LogP contribution in [-0.4, -0.2) is 69.6 Å². The Bertz CT molecular complexity index is 1520. The molecule has 1 N–H and O–H groups in total. The molecule has 1 saturated carbocycles. The second-order valence-electron chi connectivity index (χ2n) is 12.9.